The third-order valence-corrected chi connectivity index (χ3v) is 4.91. The smallest absolute Gasteiger partial charge is 0.254 e. The molecular weight excluding hydrogens is 344 g/mol. The average Bonchev–Trinajstić information content (AvgIpc) is 2.72. The second kappa shape index (κ2) is 7.31. The molecule has 2 amide bonds. The summed E-state index contributed by atoms with van der Waals surface area (Å²) in [4.78, 5) is 29.0. The Kier molecular flexibility index (Phi) is 4.71. The fourth-order valence-corrected chi connectivity index (χ4v) is 3.43. The van der Waals surface area contributed by atoms with Gasteiger partial charge in [-0.1, -0.05) is 17.7 Å². The van der Waals surface area contributed by atoms with E-state index in [0.29, 0.717) is 62.0 Å². The number of piperazine rings is 1. The molecule has 0 aromatic heterocycles. The lowest BCUT2D eigenvalue weighted by Gasteiger charge is -2.35. The van der Waals surface area contributed by atoms with Crippen LogP contribution in [0.1, 0.15) is 26.3 Å². The molecule has 0 bridgehead atoms. The summed E-state index contributed by atoms with van der Waals surface area (Å²) in [5, 5.41) is 0. The summed E-state index contributed by atoms with van der Waals surface area (Å²) >= 11 is 0. The first-order valence-electron chi connectivity index (χ1n) is 9.17. The van der Waals surface area contributed by atoms with Gasteiger partial charge in [0, 0.05) is 37.3 Å². The molecule has 0 unspecified atom stereocenters. The van der Waals surface area contributed by atoms with Gasteiger partial charge in [-0.05, 0) is 37.3 Å². The molecule has 0 saturated carbocycles. The highest BCUT2D eigenvalue weighted by atomic mass is 16.6. The summed E-state index contributed by atoms with van der Waals surface area (Å²) in [7, 11) is 0. The molecule has 140 valence electrons. The molecule has 0 radical (unpaired) electrons. The van der Waals surface area contributed by atoms with Gasteiger partial charge < -0.3 is 19.3 Å². The van der Waals surface area contributed by atoms with Crippen molar-refractivity contribution < 1.29 is 19.1 Å². The minimum atomic E-state index is -0.0466. The van der Waals surface area contributed by atoms with Gasteiger partial charge in [0.15, 0.2) is 11.5 Å². The van der Waals surface area contributed by atoms with E-state index in [1.165, 1.54) is 0 Å². The normalized spacial score (nSPS) is 16.2. The third kappa shape index (κ3) is 3.60. The van der Waals surface area contributed by atoms with Crippen LogP contribution in [0.15, 0.2) is 42.5 Å². The zero-order chi connectivity index (χ0) is 18.8. The number of amides is 2. The predicted octanol–water partition coefficient (Wildman–Crippen LogP) is 2.36. The maximum absolute atomic E-state index is 12.8. The van der Waals surface area contributed by atoms with E-state index in [2.05, 4.69) is 0 Å². The van der Waals surface area contributed by atoms with Crippen molar-refractivity contribution >= 4 is 11.8 Å². The topological polar surface area (TPSA) is 59.1 Å². The lowest BCUT2D eigenvalue weighted by atomic mass is 10.1. The molecule has 0 N–H and O–H groups in total. The Morgan fingerprint density at radius 3 is 2.00 bits per heavy atom. The molecule has 1 fully saturated rings. The molecule has 2 heterocycles. The molecule has 0 spiro atoms. The number of hydrogen-bond acceptors (Lipinski definition) is 4. The van der Waals surface area contributed by atoms with Crippen molar-refractivity contribution in [3.8, 4) is 11.5 Å². The zero-order valence-corrected chi connectivity index (χ0v) is 15.3. The molecule has 0 aliphatic carbocycles. The van der Waals surface area contributed by atoms with Gasteiger partial charge in [-0.25, -0.2) is 0 Å². The molecule has 6 heteroatoms. The number of ether oxygens (including phenoxy) is 2. The molecule has 4 rings (SSSR count). The summed E-state index contributed by atoms with van der Waals surface area (Å²) in [5.74, 6) is 1.26. The van der Waals surface area contributed by atoms with E-state index >= 15 is 0 Å². The van der Waals surface area contributed by atoms with Crippen LogP contribution in [0.5, 0.6) is 11.5 Å². The molecule has 0 atom stereocenters. The van der Waals surface area contributed by atoms with Crippen molar-refractivity contribution in [3.63, 3.8) is 0 Å². The number of hydrogen-bond donors (Lipinski definition) is 0. The van der Waals surface area contributed by atoms with Gasteiger partial charge in [0.2, 0.25) is 0 Å². The Bertz CT molecular complexity index is 872. The van der Waals surface area contributed by atoms with Gasteiger partial charge in [-0.2, -0.15) is 0 Å². The lowest BCUT2D eigenvalue weighted by Crippen LogP contribution is -2.50. The summed E-state index contributed by atoms with van der Waals surface area (Å²) in [6.07, 6.45) is 0. The molecule has 2 aromatic rings. The Morgan fingerprint density at radius 1 is 0.778 bits per heavy atom. The number of benzene rings is 2. The monoisotopic (exact) mass is 366 g/mol. The maximum atomic E-state index is 12.8. The first kappa shape index (κ1) is 17.4. The summed E-state index contributed by atoms with van der Waals surface area (Å²) in [6, 6.07) is 12.9. The Labute approximate surface area is 158 Å². The molecule has 2 aliphatic rings. The van der Waals surface area contributed by atoms with Crippen LogP contribution in [-0.4, -0.2) is 61.0 Å². The SMILES string of the molecule is Cc1cccc(C(=O)N2CCN(C(=O)c3ccc4c(c3)OCCO4)CC2)c1. The molecule has 6 nitrogen and oxygen atoms in total. The number of carbonyl (C=O) groups is 2. The Morgan fingerprint density at radius 2 is 1.37 bits per heavy atom. The summed E-state index contributed by atoms with van der Waals surface area (Å²) in [5.41, 5.74) is 2.34. The van der Waals surface area contributed by atoms with Crippen LogP contribution in [0.4, 0.5) is 0 Å². The van der Waals surface area contributed by atoms with E-state index < -0.39 is 0 Å². The largest absolute Gasteiger partial charge is 0.486 e. The number of carbonyl (C=O) groups excluding carboxylic acids is 2. The average molecular weight is 366 g/mol. The van der Waals surface area contributed by atoms with E-state index in [9.17, 15) is 9.59 Å². The highest BCUT2D eigenvalue weighted by Crippen LogP contribution is 2.31. The van der Waals surface area contributed by atoms with Crippen LogP contribution in [0.2, 0.25) is 0 Å². The minimum Gasteiger partial charge on any atom is -0.486 e. The van der Waals surface area contributed by atoms with Gasteiger partial charge in [0.25, 0.3) is 11.8 Å². The van der Waals surface area contributed by atoms with Crippen LogP contribution < -0.4 is 9.47 Å². The van der Waals surface area contributed by atoms with Gasteiger partial charge >= 0.3 is 0 Å². The van der Waals surface area contributed by atoms with E-state index in [-0.39, 0.29) is 11.8 Å². The predicted molar refractivity (Wildman–Crippen MR) is 100 cm³/mol. The minimum absolute atomic E-state index is 0.0186. The lowest BCUT2D eigenvalue weighted by molar-refractivity contribution is 0.0535. The van der Waals surface area contributed by atoms with E-state index in [1.54, 1.807) is 23.1 Å². The first-order chi connectivity index (χ1) is 13.1. The van der Waals surface area contributed by atoms with Crippen LogP contribution >= 0.6 is 0 Å². The number of nitrogens with zero attached hydrogens (tertiary/aromatic N) is 2. The fourth-order valence-electron chi connectivity index (χ4n) is 3.43. The Balaban J connectivity index is 1.40. The fraction of sp³-hybridized carbons (Fsp3) is 0.333. The van der Waals surface area contributed by atoms with Gasteiger partial charge in [0.05, 0.1) is 0 Å². The van der Waals surface area contributed by atoms with E-state index in [0.717, 1.165) is 5.56 Å². The van der Waals surface area contributed by atoms with Crippen molar-refractivity contribution in [1.29, 1.82) is 0 Å². The van der Waals surface area contributed by atoms with Gasteiger partial charge in [-0.3, -0.25) is 9.59 Å². The number of rotatable bonds is 2. The molecule has 1 saturated heterocycles. The number of aryl methyl sites for hydroxylation is 1. The van der Waals surface area contributed by atoms with Gasteiger partial charge in [-0.15, -0.1) is 0 Å². The third-order valence-electron chi connectivity index (χ3n) is 4.91. The Hall–Kier alpha value is -3.02. The van der Waals surface area contributed by atoms with Crippen molar-refractivity contribution in [1.82, 2.24) is 9.80 Å². The molecular formula is C21H22N2O4. The van der Waals surface area contributed by atoms with Crippen LogP contribution in [0.3, 0.4) is 0 Å². The van der Waals surface area contributed by atoms with Crippen LogP contribution in [0, 0.1) is 6.92 Å². The summed E-state index contributed by atoms with van der Waals surface area (Å²) in [6.45, 7) is 5.09. The van der Waals surface area contributed by atoms with Crippen molar-refractivity contribution in [2.75, 3.05) is 39.4 Å². The van der Waals surface area contributed by atoms with Crippen molar-refractivity contribution in [2.24, 2.45) is 0 Å². The van der Waals surface area contributed by atoms with E-state index in [4.69, 9.17) is 9.47 Å². The zero-order valence-electron chi connectivity index (χ0n) is 15.3. The van der Waals surface area contributed by atoms with Crippen LogP contribution in [0.25, 0.3) is 0 Å². The summed E-state index contributed by atoms with van der Waals surface area (Å²) < 4.78 is 11.1. The van der Waals surface area contributed by atoms with Crippen molar-refractivity contribution in [3.05, 3.63) is 59.2 Å². The van der Waals surface area contributed by atoms with Gasteiger partial charge in [0.1, 0.15) is 13.2 Å². The quantitative estimate of drug-likeness (QED) is 0.819. The maximum Gasteiger partial charge on any atom is 0.254 e. The van der Waals surface area contributed by atoms with Crippen molar-refractivity contribution in [2.45, 2.75) is 6.92 Å². The second-order valence-corrected chi connectivity index (χ2v) is 6.81. The molecule has 2 aliphatic heterocycles. The molecule has 2 aromatic carbocycles. The highest BCUT2D eigenvalue weighted by molar-refractivity contribution is 5.96. The van der Waals surface area contributed by atoms with Crippen LogP contribution in [-0.2, 0) is 0 Å². The standard InChI is InChI=1S/C21H22N2O4/c1-15-3-2-4-16(13-15)20(24)22-7-9-23(10-8-22)21(25)17-5-6-18-19(14-17)27-12-11-26-18/h2-6,13-14H,7-12H2,1H3. The highest BCUT2D eigenvalue weighted by Gasteiger charge is 2.26. The second-order valence-electron chi connectivity index (χ2n) is 6.81. The number of fused-ring (bicyclic) bond motifs is 1. The first-order valence-corrected chi connectivity index (χ1v) is 9.17. The van der Waals surface area contributed by atoms with E-state index in [1.807, 2.05) is 36.1 Å². The molecule has 27 heavy (non-hydrogen) atoms.